The van der Waals surface area contributed by atoms with Crippen LogP contribution in [0.15, 0.2) is 18.2 Å². The van der Waals surface area contributed by atoms with Gasteiger partial charge < -0.3 is 10.4 Å². The number of nitrogens with zero attached hydrogens (tertiary/aromatic N) is 3. The van der Waals surface area contributed by atoms with Crippen molar-refractivity contribution in [2.75, 3.05) is 13.2 Å². The molecule has 0 aliphatic rings. The summed E-state index contributed by atoms with van der Waals surface area (Å²) in [6, 6.07) is 5.26. The lowest BCUT2D eigenvalue weighted by Crippen LogP contribution is -2.24. The van der Waals surface area contributed by atoms with E-state index in [9.17, 15) is 4.79 Å². The molecule has 0 atom stereocenters. The number of aromatic nitrogens is 3. The number of rotatable bonds is 4. The number of aliphatic hydroxyl groups excluding tert-OH is 1. The van der Waals surface area contributed by atoms with Crippen molar-refractivity contribution < 1.29 is 9.90 Å². The summed E-state index contributed by atoms with van der Waals surface area (Å²) in [5.41, 5.74) is 2.13. The molecule has 1 aromatic carbocycles. The van der Waals surface area contributed by atoms with Crippen molar-refractivity contribution in [2.45, 2.75) is 6.42 Å². The number of carbonyl (C=O) groups is 1. The number of aryl methyl sites for hydroxylation is 1. The quantitative estimate of drug-likeness (QED) is 0.734. The molecule has 1 aromatic heterocycles. The molecule has 0 radical (unpaired) electrons. The van der Waals surface area contributed by atoms with Gasteiger partial charge in [0.1, 0.15) is 5.52 Å². The minimum atomic E-state index is -0.161. The van der Waals surface area contributed by atoms with Crippen LogP contribution in [0.2, 0.25) is 0 Å². The number of carbonyl (C=O) groups excluding carboxylic acids is 1. The van der Waals surface area contributed by atoms with Crippen molar-refractivity contribution in [1.29, 1.82) is 0 Å². The van der Waals surface area contributed by atoms with E-state index >= 15 is 0 Å². The largest absolute Gasteiger partial charge is 0.396 e. The van der Waals surface area contributed by atoms with Crippen LogP contribution >= 0.6 is 0 Å². The molecule has 2 aromatic rings. The number of hydrogen-bond donors (Lipinski definition) is 2. The zero-order valence-electron chi connectivity index (χ0n) is 9.55. The Morgan fingerprint density at radius 2 is 2.35 bits per heavy atom. The predicted molar refractivity (Wildman–Crippen MR) is 62.5 cm³/mol. The molecule has 0 bridgehead atoms. The first-order valence-corrected chi connectivity index (χ1v) is 5.41. The molecule has 0 unspecified atom stereocenters. The summed E-state index contributed by atoms with van der Waals surface area (Å²) in [7, 11) is 1.80. The van der Waals surface area contributed by atoms with E-state index in [1.165, 1.54) is 0 Å². The van der Waals surface area contributed by atoms with Crippen LogP contribution in [-0.4, -0.2) is 39.2 Å². The number of nitrogens with one attached hydrogen (secondary N) is 1. The van der Waals surface area contributed by atoms with Gasteiger partial charge in [0.15, 0.2) is 0 Å². The van der Waals surface area contributed by atoms with Crippen LogP contribution in [-0.2, 0) is 7.05 Å². The summed E-state index contributed by atoms with van der Waals surface area (Å²) in [4.78, 5) is 11.7. The summed E-state index contributed by atoms with van der Waals surface area (Å²) < 4.78 is 1.66. The SMILES string of the molecule is Cn1nnc2cc(C(=O)NCCCO)ccc21. The zero-order valence-corrected chi connectivity index (χ0v) is 9.55. The highest BCUT2D eigenvalue weighted by Gasteiger charge is 2.08. The van der Waals surface area contributed by atoms with Gasteiger partial charge in [-0.05, 0) is 24.6 Å². The Labute approximate surface area is 98.2 Å². The Morgan fingerprint density at radius 3 is 3.12 bits per heavy atom. The van der Waals surface area contributed by atoms with E-state index in [4.69, 9.17) is 5.11 Å². The van der Waals surface area contributed by atoms with E-state index in [1.807, 2.05) is 6.07 Å². The Kier molecular flexibility index (Phi) is 3.34. The molecule has 0 spiro atoms. The second kappa shape index (κ2) is 4.92. The molecule has 0 saturated carbocycles. The summed E-state index contributed by atoms with van der Waals surface area (Å²) in [5.74, 6) is -0.161. The van der Waals surface area contributed by atoms with Gasteiger partial charge in [0, 0.05) is 25.8 Å². The van der Waals surface area contributed by atoms with Crippen molar-refractivity contribution in [3.05, 3.63) is 23.8 Å². The van der Waals surface area contributed by atoms with Gasteiger partial charge in [-0.2, -0.15) is 0 Å². The van der Waals surface area contributed by atoms with Gasteiger partial charge in [0.2, 0.25) is 0 Å². The lowest BCUT2D eigenvalue weighted by Gasteiger charge is -2.03. The molecule has 2 N–H and O–H groups in total. The Bertz CT molecular complexity index is 535. The van der Waals surface area contributed by atoms with E-state index < -0.39 is 0 Å². The van der Waals surface area contributed by atoms with E-state index in [2.05, 4.69) is 15.6 Å². The minimum absolute atomic E-state index is 0.0729. The van der Waals surface area contributed by atoms with Gasteiger partial charge in [-0.1, -0.05) is 5.21 Å². The van der Waals surface area contributed by atoms with Gasteiger partial charge in [0.25, 0.3) is 5.91 Å². The third-order valence-electron chi connectivity index (χ3n) is 2.49. The number of hydrogen-bond acceptors (Lipinski definition) is 4. The molecule has 2 rings (SSSR count). The molecule has 6 nitrogen and oxygen atoms in total. The normalized spacial score (nSPS) is 10.7. The maximum absolute atomic E-state index is 11.7. The van der Waals surface area contributed by atoms with Crippen LogP contribution in [0.3, 0.4) is 0 Å². The third-order valence-corrected chi connectivity index (χ3v) is 2.49. The van der Waals surface area contributed by atoms with Crippen LogP contribution in [0.1, 0.15) is 16.8 Å². The van der Waals surface area contributed by atoms with E-state index in [0.717, 1.165) is 5.52 Å². The van der Waals surface area contributed by atoms with Gasteiger partial charge in [-0.3, -0.25) is 4.79 Å². The van der Waals surface area contributed by atoms with Crippen molar-refractivity contribution in [2.24, 2.45) is 7.05 Å². The molecule has 0 saturated heterocycles. The van der Waals surface area contributed by atoms with Crippen LogP contribution < -0.4 is 5.32 Å². The molecule has 1 heterocycles. The first-order valence-electron chi connectivity index (χ1n) is 5.41. The Morgan fingerprint density at radius 1 is 1.53 bits per heavy atom. The monoisotopic (exact) mass is 234 g/mol. The summed E-state index contributed by atoms with van der Waals surface area (Å²) in [6.07, 6.45) is 0.555. The highest BCUT2D eigenvalue weighted by Crippen LogP contribution is 2.12. The van der Waals surface area contributed by atoms with E-state index in [-0.39, 0.29) is 12.5 Å². The summed E-state index contributed by atoms with van der Waals surface area (Å²) in [6.45, 7) is 0.539. The lowest BCUT2D eigenvalue weighted by atomic mass is 10.2. The van der Waals surface area contributed by atoms with E-state index in [0.29, 0.717) is 24.0 Å². The molecule has 0 aliphatic carbocycles. The van der Waals surface area contributed by atoms with Gasteiger partial charge in [-0.15, -0.1) is 5.10 Å². The molecule has 90 valence electrons. The number of fused-ring (bicyclic) bond motifs is 1. The third kappa shape index (κ3) is 2.42. The fourth-order valence-corrected chi connectivity index (χ4v) is 1.56. The summed E-state index contributed by atoms with van der Waals surface area (Å²) >= 11 is 0. The molecule has 0 fully saturated rings. The average Bonchev–Trinajstić information content (AvgIpc) is 2.71. The average molecular weight is 234 g/mol. The van der Waals surface area contributed by atoms with Crippen molar-refractivity contribution in [3.8, 4) is 0 Å². The van der Waals surface area contributed by atoms with Gasteiger partial charge >= 0.3 is 0 Å². The number of aliphatic hydroxyl groups is 1. The molecule has 6 heteroatoms. The Balaban J connectivity index is 2.15. The predicted octanol–water partition coefficient (Wildman–Crippen LogP) is 0.0805. The maximum Gasteiger partial charge on any atom is 0.251 e. The molecule has 0 aliphatic heterocycles. The fourth-order valence-electron chi connectivity index (χ4n) is 1.56. The standard InChI is InChI=1S/C11H14N4O2/c1-15-10-4-3-8(7-9(10)13-14-15)11(17)12-5-2-6-16/h3-4,7,16H,2,5-6H2,1H3,(H,12,17). The molecular weight excluding hydrogens is 220 g/mol. The van der Waals surface area contributed by atoms with Gasteiger partial charge in [0.05, 0.1) is 5.52 Å². The van der Waals surface area contributed by atoms with Crippen LogP contribution in [0, 0.1) is 0 Å². The van der Waals surface area contributed by atoms with Gasteiger partial charge in [-0.25, -0.2) is 4.68 Å². The minimum Gasteiger partial charge on any atom is -0.396 e. The molecule has 17 heavy (non-hydrogen) atoms. The first-order chi connectivity index (χ1) is 8.22. The molecule has 1 amide bonds. The van der Waals surface area contributed by atoms with Crippen molar-refractivity contribution in [3.63, 3.8) is 0 Å². The number of amides is 1. The lowest BCUT2D eigenvalue weighted by molar-refractivity contribution is 0.0951. The van der Waals surface area contributed by atoms with Crippen LogP contribution in [0.4, 0.5) is 0 Å². The Hall–Kier alpha value is -1.95. The summed E-state index contributed by atoms with van der Waals surface area (Å²) in [5, 5.41) is 19.2. The highest BCUT2D eigenvalue weighted by molar-refractivity contribution is 5.97. The topological polar surface area (TPSA) is 80.0 Å². The second-order valence-corrected chi connectivity index (χ2v) is 3.75. The maximum atomic E-state index is 11.7. The van der Waals surface area contributed by atoms with Crippen LogP contribution in [0.25, 0.3) is 11.0 Å². The zero-order chi connectivity index (χ0) is 12.3. The fraction of sp³-hybridized carbons (Fsp3) is 0.364. The second-order valence-electron chi connectivity index (χ2n) is 3.75. The highest BCUT2D eigenvalue weighted by atomic mass is 16.3. The number of benzene rings is 1. The van der Waals surface area contributed by atoms with Crippen molar-refractivity contribution in [1.82, 2.24) is 20.3 Å². The smallest absolute Gasteiger partial charge is 0.251 e. The van der Waals surface area contributed by atoms with Crippen molar-refractivity contribution >= 4 is 16.9 Å². The van der Waals surface area contributed by atoms with E-state index in [1.54, 1.807) is 23.9 Å². The first kappa shape index (κ1) is 11.5. The van der Waals surface area contributed by atoms with Crippen LogP contribution in [0.5, 0.6) is 0 Å². The molecular formula is C11H14N4O2.